The molecule has 1 fully saturated rings. The molecule has 2 aliphatic rings. The van der Waals surface area contributed by atoms with Gasteiger partial charge in [-0.3, -0.25) is 19.2 Å². The molecule has 4 amide bonds. The molecule has 0 radical (unpaired) electrons. The van der Waals surface area contributed by atoms with Crippen LogP contribution in [0.15, 0.2) is 96.4 Å². The lowest BCUT2D eigenvalue weighted by atomic mass is 10.1. The Morgan fingerprint density at radius 2 is 1.48 bits per heavy atom. The summed E-state index contributed by atoms with van der Waals surface area (Å²) in [6.07, 6.45) is 5.08. The van der Waals surface area contributed by atoms with E-state index in [1.165, 1.54) is 18.3 Å². The molecule has 0 saturated carbocycles. The number of nitrogens with zero attached hydrogens (tertiary/aromatic N) is 3. The molecule has 4 aromatic rings. The van der Waals surface area contributed by atoms with Crippen molar-refractivity contribution in [2.75, 3.05) is 23.7 Å². The summed E-state index contributed by atoms with van der Waals surface area (Å²) in [6, 6.07) is 22.8. The van der Waals surface area contributed by atoms with Crippen LogP contribution in [0.2, 0.25) is 0 Å². The van der Waals surface area contributed by atoms with Gasteiger partial charge in [0, 0.05) is 53.5 Å². The third-order valence-corrected chi connectivity index (χ3v) is 8.71. The Hall–Kier alpha value is -5.09. The highest BCUT2D eigenvalue weighted by Crippen LogP contribution is 2.30. The average molecular weight is 606 g/mol. The van der Waals surface area contributed by atoms with Crippen molar-refractivity contribution in [3.8, 4) is 21.8 Å². The van der Waals surface area contributed by atoms with Crippen molar-refractivity contribution in [1.82, 2.24) is 14.8 Å². The molecule has 2 aliphatic heterocycles. The molecule has 0 aliphatic carbocycles. The number of carbonyl (C=O) groups excluding carboxylic acids is 4. The Kier molecular flexibility index (Phi) is 8.33. The first-order valence-electron chi connectivity index (χ1n) is 14.5. The van der Waals surface area contributed by atoms with Crippen LogP contribution in [0.1, 0.15) is 30.1 Å². The van der Waals surface area contributed by atoms with Crippen LogP contribution < -0.4 is 10.6 Å². The number of hydrogen-bond acceptors (Lipinski definition) is 6. The summed E-state index contributed by atoms with van der Waals surface area (Å²) >= 11 is 1.52. The SMILES string of the molecule is CC(=O)N1CCC[C@H]1C(=O)Nc1ccc(-c2nc(-c3ccc(NC(=O)[C@@H]4C=CCN4C(=O)c4ccccc4)cc3)cs2)cc1. The molecule has 2 N–H and O–H groups in total. The number of thiazole rings is 1. The molecule has 1 saturated heterocycles. The maximum absolute atomic E-state index is 13.1. The molecule has 10 heteroatoms. The van der Waals surface area contributed by atoms with E-state index in [0.717, 1.165) is 28.2 Å². The lowest BCUT2D eigenvalue weighted by molar-refractivity contribution is -0.134. The fraction of sp³-hybridized carbons (Fsp3) is 0.206. The highest BCUT2D eigenvalue weighted by molar-refractivity contribution is 7.13. The molecule has 3 aromatic carbocycles. The molecule has 0 spiro atoms. The molecule has 0 bridgehead atoms. The van der Waals surface area contributed by atoms with Gasteiger partial charge in [0.25, 0.3) is 11.8 Å². The zero-order valence-electron chi connectivity index (χ0n) is 24.1. The Labute approximate surface area is 259 Å². The summed E-state index contributed by atoms with van der Waals surface area (Å²) in [4.78, 5) is 58.5. The number of anilines is 2. The lowest BCUT2D eigenvalue weighted by Gasteiger charge is -2.24. The van der Waals surface area contributed by atoms with E-state index in [2.05, 4.69) is 10.6 Å². The number of aromatic nitrogens is 1. The number of carbonyl (C=O) groups is 4. The zero-order valence-corrected chi connectivity index (χ0v) is 24.9. The van der Waals surface area contributed by atoms with Gasteiger partial charge in [0.05, 0.1) is 5.69 Å². The Morgan fingerprint density at radius 1 is 0.818 bits per heavy atom. The lowest BCUT2D eigenvalue weighted by Crippen LogP contribution is -2.43. The highest BCUT2D eigenvalue weighted by Gasteiger charge is 2.33. The second-order valence-corrected chi connectivity index (χ2v) is 11.6. The Bertz CT molecular complexity index is 1720. The molecule has 1 aromatic heterocycles. The van der Waals surface area contributed by atoms with Crippen LogP contribution in [0.4, 0.5) is 11.4 Å². The van der Waals surface area contributed by atoms with Crippen LogP contribution in [0.25, 0.3) is 21.8 Å². The van der Waals surface area contributed by atoms with Crippen LogP contribution >= 0.6 is 11.3 Å². The number of nitrogens with one attached hydrogen (secondary N) is 2. The minimum Gasteiger partial charge on any atom is -0.331 e. The van der Waals surface area contributed by atoms with E-state index in [0.29, 0.717) is 36.4 Å². The van der Waals surface area contributed by atoms with Gasteiger partial charge in [-0.2, -0.15) is 0 Å². The van der Waals surface area contributed by atoms with Crippen molar-refractivity contribution in [1.29, 1.82) is 0 Å². The second kappa shape index (κ2) is 12.6. The summed E-state index contributed by atoms with van der Waals surface area (Å²) < 4.78 is 0. The van der Waals surface area contributed by atoms with Crippen molar-refractivity contribution >= 4 is 46.3 Å². The molecule has 222 valence electrons. The topological polar surface area (TPSA) is 112 Å². The van der Waals surface area contributed by atoms with Crippen LogP contribution in [-0.2, 0) is 14.4 Å². The average Bonchev–Trinajstić information content (AvgIpc) is 3.83. The third kappa shape index (κ3) is 6.16. The standard InChI is InChI=1S/C34H31N5O4S/c1-22(40)38-19-5-9-29(38)31(41)35-27-17-13-24(14-18-27)33-37-28(21-44-33)23-11-15-26(16-12-23)36-32(42)30-10-6-20-39(30)34(43)25-7-3-2-4-8-25/h2-4,6-8,10-18,21,29-30H,5,9,19-20H2,1H3,(H,35,41)(H,36,42)/t29-,30-/m0/s1. The number of rotatable bonds is 7. The van der Waals surface area contributed by atoms with Crippen molar-refractivity contribution in [2.24, 2.45) is 0 Å². The first-order chi connectivity index (χ1) is 21.4. The number of likely N-dealkylation sites (tertiary alicyclic amines) is 1. The van der Waals surface area contributed by atoms with E-state index in [1.54, 1.807) is 40.1 Å². The van der Waals surface area contributed by atoms with Gasteiger partial charge in [-0.05, 0) is 61.4 Å². The van der Waals surface area contributed by atoms with E-state index >= 15 is 0 Å². The van der Waals surface area contributed by atoms with Gasteiger partial charge >= 0.3 is 0 Å². The van der Waals surface area contributed by atoms with Crippen molar-refractivity contribution < 1.29 is 19.2 Å². The first-order valence-corrected chi connectivity index (χ1v) is 15.3. The predicted octanol–water partition coefficient (Wildman–Crippen LogP) is 5.45. The second-order valence-electron chi connectivity index (χ2n) is 10.7. The largest absolute Gasteiger partial charge is 0.331 e. The summed E-state index contributed by atoms with van der Waals surface area (Å²) in [5.41, 5.74) is 4.48. The minimum absolute atomic E-state index is 0.0815. The normalized spacial score (nSPS) is 17.5. The molecular formula is C34H31N5O4S. The van der Waals surface area contributed by atoms with Crippen LogP contribution in [0.5, 0.6) is 0 Å². The molecule has 3 heterocycles. The quantitative estimate of drug-likeness (QED) is 0.272. The van der Waals surface area contributed by atoms with Crippen molar-refractivity contribution in [2.45, 2.75) is 31.8 Å². The van der Waals surface area contributed by atoms with Gasteiger partial charge in [-0.25, -0.2) is 4.98 Å². The summed E-state index contributed by atoms with van der Waals surface area (Å²) in [7, 11) is 0. The van der Waals surface area contributed by atoms with Crippen LogP contribution in [-0.4, -0.2) is 63.6 Å². The fourth-order valence-corrected chi connectivity index (χ4v) is 6.36. The monoisotopic (exact) mass is 605 g/mol. The van der Waals surface area contributed by atoms with Crippen LogP contribution in [0.3, 0.4) is 0 Å². The Morgan fingerprint density at radius 3 is 2.16 bits per heavy atom. The van der Waals surface area contributed by atoms with Gasteiger partial charge in [-0.15, -0.1) is 11.3 Å². The van der Waals surface area contributed by atoms with E-state index in [1.807, 2.05) is 66.1 Å². The third-order valence-electron chi connectivity index (χ3n) is 7.82. The van der Waals surface area contributed by atoms with Gasteiger partial charge in [0.1, 0.15) is 17.1 Å². The minimum atomic E-state index is -0.680. The zero-order chi connectivity index (χ0) is 30.6. The van der Waals surface area contributed by atoms with E-state index in [-0.39, 0.29) is 23.6 Å². The first kappa shape index (κ1) is 29.0. The molecule has 9 nitrogen and oxygen atoms in total. The summed E-state index contributed by atoms with van der Waals surface area (Å²) in [5.74, 6) is -0.706. The Balaban J connectivity index is 1.06. The van der Waals surface area contributed by atoms with E-state index in [4.69, 9.17) is 4.98 Å². The number of hydrogen-bond donors (Lipinski definition) is 2. The van der Waals surface area contributed by atoms with Crippen molar-refractivity contribution in [3.63, 3.8) is 0 Å². The number of benzene rings is 3. The van der Waals surface area contributed by atoms with E-state index in [9.17, 15) is 19.2 Å². The molecule has 0 unspecified atom stereocenters. The van der Waals surface area contributed by atoms with Crippen LogP contribution in [0, 0.1) is 0 Å². The van der Waals surface area contributed by atoms with Gasteiger partial charge in [0.15, 0.2) is 0 Å². The van der Waals surface area contributed by atoms with Gasteiger partial charge in [-0.1, -0.05) is 42.5 Å². The fourth-order valence-electron chi connectivity index (χ4n) is 5.52. The molecule has 44 heavy (non-hydrogen) atoms. The van der Waals surface area contributed by atoms with Gasteiger partial charge < -0.3 is 20.4 Å². The molecular weight excluding hydrogens is 574 g/mol. The summed E-state index contributed by atoms with van der Waals surface area (Å²) in [6.45, 7) is 2.49. The number of amides is 4. The van der Waals surface area contributed by atoms with Gasteiger partial charge in [0.2, 0.25) is 11.8 Å². The smallest absolute Gasteiger partial charge is 0.255 e. The maximum atomic E-state index is 13.1. The summed E-state index contributed by atoms with van der Waals surface area (Å²) in [5, 5.41) is 8.67. The van der Waals surface area contributed by atoms with Crippen molar-refractivity contribution in [3.05, 3.63) is 102 Å². The predicted molar refractivity (Wildman–Crippen MR) is 171 cm³/mol. The maximum Gasteiger partial charge on any atom is 0.255 e. The molecule has 6 rings (SSSR count). The highest BCUT2D eigenvalue weighted by atomic mass is 32.1. The molecule has 2 atom stereocenters. The van der Waals surface area contributed by atoms with E-state index < -0.39 is 12.1 Å².